The minimum absolute atomic E-state index is 0.188. The quantitative estimate of drug-likeness (QED) is 0.591. The van der Waals surface area contributed by atoms with Crippen LogP contribution in [0.4, 0.5) is 0 Å². The maximum absolute atomic E-state index is 12.2. The molecule has 2 heterocycles. The highest BCUT2D eigenvalue weighted by atomic mass is 16.1. The fourth-order valence-corrected chi connectivity index (χ4v) is 2.48. The van der Waals surface area contributed by atoms with Crippen LogP contribution in [0.3, 0.4) is 0 Å². The molecule has 6 nitrogen and oxygen atoms in total. The van der Waals surface area contributed by atoms with E-state index in [2.05, 4.69) is 20.3 Å². The van der Waals surface area contributed by atoms with Crippen molar-refractivity contribution in [1.82, 2.24) is 19.9 Å². The van der Waals surface area contributed by atoms with Gasteiger partial charge in [0.05, 0.1) is 11.8 Å². The van der Waals surface area contributed by atoms with Crippen LogP contribution in [0.5, 0.6) is 0 Å². The molecule has 0 spiro atoms. The van der Waals surface area contributed by atoms with Gasteiger partial charge in [0.1, 0.15) is 6.33 Å². The molecule has 0 bridgehead atoms. The monoisotopic (exact) mass is 315 g/mol. The molecule has 0 saturated heterocycles. The molecular formula is C18H13N5O. The number of benzene rings is 2. The number of rotatable bonds is 3. The summed E-state index contributed by atoms with van der Waals surface area (Å²) in [5.41, 5.74) is 1.99. The van der Waals surface area contributed by atoms with E-state index in [4.69, 9.17) is 0 Å². The predicted molar refractivity (Wildman–Crippen MR) is 93.0 cm³/mol. The van der Waals surface area contributed by atoms with E-state index in [1.807, 2.05) is 60.7 Å². The van der Waals surface area contributed by atoms with Crippen LogP contribution in [-0.2, 0) is 0 Å². The zero-order chi connectivity index (χ0) is 16.4. The Bertz CT molecular complexity index is 1080. The number of fused-ring (bicyclic) bond motifs is 1. The second-order valence-electron chi connectivity index (χ2n) is 5.25. The Morgan fingerprint density at radius 3 is 2.71 bits per heavy atom. The SMILES string of the molecule is O=c1[nH]c2ccccc2cc1/C=N/n1cnnc1-c1ccccc1. The number of aromatic nitrogens is 4. The second kappa shape index (κ2) is 5.92. The van der Waals surface area contributed by atoms with E-state index in [-0.39, 0.29) is 5.56 Å². The van der Waals surface area contributed by atoms with Gasteiger partial charge >= 0.3 is 0 Å². The first-order chi connectivity index (χ1) is 11.8. The van der Waals surface area contributed by atoms with E-state index >= 15 is 0 Å². The lowest BCUT2D eigenvalue weighted by molar-refractivity contribution is 0.887. The van der Waals surface area contributed by atoms with Crippen molar-refractivity contribution in [3.63, 3.8) is 0 Å². The zero-order valence-electron chi connectivity index (χ0n) is 12.6. The first kappa shape index (κ1) is 14.1. The molecule has 2 aromatic carbocycles. The van der Waals surface area contributed by atoms with Gasteiger partial charge in [0, 0.05) is 11.1 Å². The molecule has 0 saturated carbocycles. The number of hydrogen-bond acceptors (Lipinski definition) is 4. The van der Waals surface area contributed by atoms with Gasteiger partial charge in [-0.05, 0) is 17.5 Å². The van der Waals surface area contributed by atoms with E-state index in [0.717, 1.165) is 16.5 Å². The molecule has 0 fully saturated rings. The van der Waals surface area contributed by atoms with E-state index in [0.29, 0.717) is 11.4 Å². The van der Waals surface area contributed by atoms with Gasteiger partial charge in [0.15, 0.2) is 5.82 Å². The third-order valence-corrected chi connectivity index (χ3v) is 3.67. The molecule has 24 heavy (non-hydrogen) atoms. The first-order valence-electron chi connectivity index (χ1n) is 7.43. The van der Waals surface area contributed by atoms with Crippen LogP contribution in [0, 0.1) is 0 Å². The lowest BCUT2D eigenvalue weighted by atomic mass is 10.2. The Morgan fingerprint density at radius 1 is 1.04 bits per heavy atom. The van der Waals surface area contributed by atoms with Crippen LogP contribution < -0.4 is 5.56 Å². The molecule has 4 aromatic rings. The molecule has 0 atom stereocenters. The highest BCUT2D eigenvalue weighted by Gasteiger charge is 2.06. The zero-order valence-corrected chi connectivity index (χ0v) is 12.6. The van der Waals surface area contributed by atoms with Crippen molar-refractivity contribution in [2.24, 2.45) is 5.10 Å². The summed E-state index contributed by atoms with van der Waals surface area (Å²) in [6.07, 6.45) is 3.02. The number of H-pyrrole nitrogens is 1. The van der Waals surface area contributed by atoms with Crippen molar-refractivity contribution < 1.29 is 0 Å². The average molecular weight is 315 g/mol. The Morgan fingerprint density at radius 2 is 1.83 bits per heavy atom. The topological polar surface area (TPSA) is 75.9 Å². The van der Waals surface area contributed by atoms with Crippen LogP contribution in [0.15, 0.2) is 76.9 Å². The summed E-state index contributed by atoms with van der Waals surface area (Å²) >= 11 is 0. The molecule has 2 aromatic heterocycles. The molecule has 0 unspecified atom stereocenters. The largest absolute Gasteiger partial charge is 0.321 e. The summed E-state index contributed by atoms with van der Waals surface area (Å²) in [6.45, 7) is 0. The van der Waals surface area contributed by atoms with Crippen molar-refractivity contribution in [3.8, 4) is 11.4 Å². The van der Waals surface area contributed by atoms with Gasteiger partial charge in [-0.2, -0.15) is 9.78 Å². The number of hydrogen-bond donors (Lipinski definition) is 1. The molecule has 0 aliphatic carbocycles. The summed E-state index contributed by atoms with van der Waals surface area (Å²) in [6, 6.07) is 19.1. The Labute approximate surface area is 137 Å². The van der Waals surface area contributed by atoms with Gasteiger partial charge in [0.25, 0.3) is 5.56 Å². The molecule has 0 aliphatic rings. The molecule has 0 amide bonds. The van der Waals surface area contributed by atoms with Crippen molar-refractivity contribution >= 4 is 17.1 Å². The number of nitrogens with one attached hydrogen (secondary N) is 1. The van der Waals surface area contributed by atoms with Gasteiger partial charge in [-0.15, -0.1) is 10.2 Å². The average Bonchev–Trinajstić information content (AvgIpc) is 3.09. The standard InChI is InChI=1S/C18H13N5O/c24-18-15(10-14-8-4-5-9-16(14)21-18)11-20-23-12-19-22-17(23)13-6-2-1-3-7-13/h1-12H,(H,21,24)/b20-11+. The molecule has 6 heteroatoms. The van der Waals surface area contributed by atoms with E-state index in [9.17, 15) is 4.79 Å². The third-order valence-electron chi connectivity index (χ3n) is 3.67. The molecule has 4 rings (SSSR count). The van der Waals surface area contributed by atoms with Gasteiger partial charge < -0.3 is 4.98 Å². The van der Waals surface area contributed by atoms with Crippen LogP contribution in [-0.4, -0.2) is 26.1 Å². The second-order valence-corrected chi connectivity index (χ2v) is 5.25. The van der Waals surface area contributed by atoms with Crippen LogP contribution in [0.1, 0.15) is 5.56 Å². The summed E-state index contributed by atoms with van der Waals surface area (Å²) < 4.78 is 1.55. The summed E-state index contributed by atoms with van der Waals surface area (Å²) in [4.78, 5) is 15.0. The molecule has 116 valence electrons. The highest BCUT2D eigenvalue weighted by Crippen LogP contribution is 2.15. The van der Waals surface area contributed by atoms with Gasteiger partial charge in [-0.3, -0.25) is 4.79 Å². The molecule has 0 radical (unpaired) electrons. The number of nitrogens with zero attached hydrogens (tertiary/aromatic N) is 4. The van der Waals surface area contributed by atoms with Crippen molar-refractivity contribution in [1.29, 1.82) is 0 Å². The maximum atomic E-state index is 12.2. The predicted octanol–water partition coefficient (Wildman–Crippen LogP) is 2.67. The summed E-state index contributed by atoms with van der Waals surface area (Å²) in [5, 5.41) is 13.3. The lowest BCUT2D eigenvalue weighted by Gasteiger charge is -2.01. The molecular weight excluding hydrogens is 302 g/mol. The van der Waals surface area contributed by atoms with E-state index < -0.39 is 0 Å². The van der Waals surface area contributed by atoms with Crippen molar-refractivity contribution in [2.45, 2.75) is 0 Å². The Hall–Kier alpha value is -3.54. The highest BCUT2D eigenvalue weighted by molar-refractivity contribution is 5.87. The molecule has 1 N–H and O–H groups in total. The number of aromatic amines is 1. The minimum atomic E-state index is -0.188. The van der Waals surface area contributed by atoms with Crippen molar-refractivity contribution in [3.05, 3.63) is 82.9 Å². The smallest absolute Gasteiger partial charge is 0.257 e. The number of para-hydroxylation sites is 1. The Balaban J connectivity index is 1.73. The fourth-order valence-electron chi connectivity index (χ4n) is 2.48. The van der Waals surface area contributed by atoms with Crippen LogP contribution in [0.25, 0.3) is 22.3 Å². The third kappa shape index (κ3) is 2.61. The first-order valence-corrected chi connectivity index (χ1v) is 7.43. The lowest BCUT2D eigenvalue weighted by Crippen LogP contribution is -2.12. The molecule has 0 aliphatic heterocycles. The minimum Gasteiger partial charge on any atom is -0.321 e. The maximum Gasteiger partial charge on any atom is 0.257 e. The normalized spacial score (nSPS) is 11.3. The summed E-state index contributed by atoms with van der Waals surface area (Å²) in [5.74, 6) is 0.615. The van der Waals surface area contributed by atoms with E-state index in [1.54, 1.807) is 4.68 Å². The number of pyridine rings is 1. The van der Waals surface area contributed by atoms with Crippen LogP contribution >= 0.6 is 0 Å². The van der Waals surface area contributed by atoms with Gasteiger partial charge in [-0.25, -0.2) is 0 Å². The van der Waals surface area contributed by atoms with Gasteiger partial charge in [-0.1, -0.05) is 48.5 Å². The van der Waals surface area contributed by atoms with Crippen LogP contribution in [0.2, 0.25) is 0 Å². The fraction of sp³-hybridized carbons (Fsp3) is 0. The van der Waals surface area contributed by atoms with E-state index in [1.165, 1.54) is 12.5 Å². The summed E-state index contributed by atoms with van der Waals surface area (Å²) in [7, 11) is 0. The van der Waals surface area contributed by atoms with Gasteiger partial charge in [0.2, 0.25) is 0 Å². The van der Waals surface area contributed by atoms with Crippen molar-refractivity contribution in [2.75, 3.05) is 0 Å². The Kier molecular flexibility index (Phi) is 3.47.